The standard InChI is InChI=1S/C16H33N3O2/c1-13(2)11-19(10-9-18(4)5)12-16(3,15(20)21-6)17-14-7-8-14/h13-14,17H,7-12H2,1-6H3. The van der Waals surface area contributed by atoms with Crippen molar-refractivity contribution in [1.82, 2.24) is 15.1 Å². The molecule has 1 N–H and O–H groups in total. The molecule has 1 fully saturated rings. The van der Waals surface area contributed by atoms with E-state index in [0.717, 1.165) is 32.5 Å². The van der Waals surface area contributed by atoms with Crippen LogP contribution >= 0.6 is 0 Å². The number of rotatable bonds is 10. The van der Waals surface area contributed by atoms with Crippen LogP contribution in [0.25, 0.3) is 0 Å². The van der Waals surface area contributed by atoms with E-state index in [2.05, 4.69) is 43.1 Å². The fourth-order valence-corrected chi connectivity index (χ4v) is 2.61. The van der Waals surface area contributed by atoms with Crippen molar-refractivity contribution in [2.75, 3.05) is 47.4 Å². The fourth-order valence-electron chi connectivity index (χ4n) is 2.61. The molecule has 1 rings (SSSR count). The maximum atomic E-state index is 12.2. The molecule has 5 heteroatoms. The second-order valence-corrected chi connectivity index (χ2v) is 7.17. The molecule has 0 bridgehead atoms. The first-order valence-electron chi connectivity index (χ1n) is 8.00. The zero-order valence-electron chi connectivity index (χ0n) is 14.6. The van der Waals surface area contributed by atoms with Crippen LogP contribution in [-0.4, -0.2) is 74.7 Å². The molecule has 0 radical (unpaired) electrons. The molecule has 0 aliphatic heterocycles. The first-order chi connectivity index (χ1) is 9.76. The summed E-state index contributed by atoms with van der Waals surface area (Å²) in [5.74, 6) is 0.419. The second-order valence-electron chi connectivity index (χ2n) is 7.17. The number of carbonyl (C=O) groups is 1. The van der Waals surface area contributed by atoms with Crippen molar-refractivity contribution in [2.45, 2.75) is 45.2 Å². The van der Waals surface area contributed by atoms with Crippen molar-refractivity contribution in [3.63, 3.8) is 0 Å². The van der Waals surface area contributed by atoms with Crippen LogP contribution in [0.2, 0.25) is 0 Å². The molecular weight excluding hydrogens is 266 g/mol. The van der Waals surface area contributed by atoms with E-state index in [9.17, 15) is 4.79 Å². The van der Waals surface area contributed by atoms with Gasteiger partial charge in [0.15, 0.2) is 0 Å². The lowest BCUT2D eigenvalue weighted by Crippen LogP contribution is -2.59. The van der Waals surface area contributed by atoms with Gasteiger partial charge in [-0.15, -0.1) is 0 Å². The summed E-state index contributed by atoms with van der Waals surface area (Å²) in [6.45, 7) is 10.0. The zero-order chi connectivity index (χ0) is 16.0. The zero-order valence-corrected chi connectivity index (χ0v) is 14.6. The lowest BCUT2D eigenvalue weighted by Gasteiger charge is -2.35. The van der Waals surface area contributed by atoms with Crippen LogP contribution in [0.15, 0.2) is 0 Å². The average molecular weight is 299 g/mol. The number of ether oxygens (including phenoxy) is 1. The summed E-state index contributed by atoms with van der Waals surface area (Å²) in [7, 11) is 5.63. The number of methoxy groups -OCH3 is 1. The molecule has 124 valence electrons. The van der Waals surface area contributed by atoms with Crippen LogP contribution in [0.4, 0.5) is 0 Å². The predicted octanol–water partition coefficient (Wildman–Crippen LogP) is 1.19. The average Bonchev–Trinajstić information content (AvgIpc) is 3.17. The normalized spacial score (nSPS) is 18.3. The maximum absolute atomic E-state index is 12.2. The summed E-state index contributed by atoms with van der Waals surface area (Å²) in [5, 5.41) is 3.48. The Morgan fingerprint density at radius 1 is 1.33 bits per heavy atom. The molecule has 1 saturated carbocycles. The monoisotopic (exact) mass is 299 g/mol. The number of carbonyl (C=O) groups excluding carboxylic acids is 1. The summed E-state index contributed by atoms with van der Waals surface area (Å²) >= 11 is 0. The number of likely N-dealkylation sites (N-methyl/N-ethyl adjacent to an activating group) is 1. The van der Waals surface area contributed by atoms with Gasteiger partial charge in [0.2, 0.25) is 0 Å². The van der Waals surface area contributed by atoms with Crippen LogP contribution in [0.1, 0.15) is 33.6 Å². The Morgan fingerprint density at radius 3 is 2.38 bits per heavy atom. The Hall–Kier alpha value is -0.650. The minimum absolute atomic E-state index is 0.159. The van der Waals surface area contributed by atoms with E-state index in [0.29, 0.717) is 18.5 Å². The molecule has 0 saturated heterocycles. The van der Waals surface area contributed by atoms with Gasteiger partial charge in [-0.25, -0.2) is 0 Å². The molecule has 1 aliphatic carbocycles. The van der Waals surface area contributed by atoms with Gasteiger partial charge in [0.1, 0.15) is 5.54 Å². The van der Waals surface area contributed by atoms with Crippen LogP contribution in [0.5, 0.6) is 0 Å². The van der Waals surface area contributed by atoms with Crippen molar-refractivity contribution < 1.29 is 9.53 Å². The topological polar surface area (TPSA) is 44.8 Å². The Balaban J connectivity index is 2.70. The minimum Gasteiger partial charge on any atom is -0.468 e. The first kappa shape index (κ1) is 18.4. The molecular formula is C16H33N3O2. The number of nitrogens with zero attached hydrogens (tertiary/aromatic N) is 2. The van der Waals surface area contributed by atoms with E-state index in [-0.39, 0.29) is 5.97 Å². The summed E-state index contributed by atoms with van der Waals surface area (Å²) < 4.78 is 5.04. The molecule has 0 amide bonds. The molecule has 5 nitrogen and oxygen atoms in total. The van der Waals surface area contributed by atoms with Crippen molar-refractivity contribution in [3.8, 4) is 0 Å². The van der Waals surface area contributed by atoms with Gasteiger partial charge in [-0.3, -0.25) is 15.0 Å². The third-order valence-corrected chi connectivity index (χ3v) is 3.76. The molecule has 0 aromatic carbocycles. The molecule has 21 heavy (non-hydrogen) atoms. The van der Waals surface area contributed by atoms with Gasteiger partial charge >= 0.3 is 5.97 Å². The highest BCUT2D eigenvalue weighted by Gasteiger charge is 2.40. The number of nitrogens with one attached hydrogen (secondary N) is 1. The van der Waals surface area contributed by atoms with Crippen LogP contribution in [0.3, 0.4) is 0 Å². The Labute approximate surface area is 130 Å². The van der Waals surface area contributed by atoms with E-state index in [1.807, 2.05) is 6.92 Å². The highest BCUT2D eigenvalue weighted by molar-refractivity contribution is 5.80. The van der Waals surface area contributed by atoms with Gasteiger partial charge in [-0.2, -0.15) is 0 Å². The fraction of sp³-hybridized carbons (Fsp3) is 0.938. The molecule has 1 atom stereocenters. The number of hydrogen-bond acceptors (Lipinski definition) is 5. The van der Waals surface area contributed by atoms with Gasteiger partial charge in [-0.1, -0.05) is 13.8 Å². The van der Waals surface area contributed by atoms with Gasteiger partial charge in [-0.05, 0) is 39.8 Å². The van der Waals surface area contributed by atoms with Gasteiger partial charge in [0.05, 0.1) is 7.11 Å². The van der Waals surface area contributed by atoms with Crippen LogP contribution < -0.4 is 5.32 Å². The van der Waals surface area contributed by atoms with Crippen LogP contribution in [0, 0.1) is 5.92 Å². The quantitative estimate of drug-likeness (QED) is 0.614. The molecule has 1 aliphatic rings. The third-order valence-electron chi connectivity index (χ3n) is 3.76. The van der Waals surface area contributed by atoms with Gasteiger partial charge < -0.3 is 9.64 Å². The smallest absolute Gasteiger partial charge is 0.327 e. The Kier molecular flexibility index (Phi) is 7.10. The predicted molar refractivity (Wildman–Crippen MR) is 86.4 cm³/mol. The number of hydrogen-bond donors (Lipinski definition) is 1. The molecule has 1 unspecified atom stereocenters. The summed E-state index contributed by atoms with van der Waals surface area (Å²) in [6.07, 6.45) is 2.32. The molecule has 0 aromatic heterocycles. The van der Waals surface area contributed by atoms with E-state index < -0.39 is 5.54 Å². The van der Waals surface area contributed by atoms with E-state index >= 15 is 0 Å². The maximum Gasteiger partial charge on any atom is 0.327 e. The number of esters is 1. The second kappa shape index (κ2) is 8.11. The SMILES string of the molecule is COC(=O)C(C)(CN(CCN(C)C)CC(C)C)NC1CC1. The van der Waals surface area contributed by atoms with Crippen molar-refractivity contribution in [2.24, 2.45) is 5.92 Å². The van der Waals surface area contributed by atoms with E-state index in [4.69, 9.17) is 4.74 Å². The third kappa shape index (κ3) is 6.76. The van der Waals surface area contributed by atoms with Crippen molar-refractivity contribution in [3.05, 3.63) is 0 Å². The van der Waals surface area contributed by atoms with Crippen molar-refractivity contribution >= 4 is 5.97 Å². The molecule has 0 aromatic rings. The highest BCUT2D eigenvalue weighted by Crippen LogP contribution is 2.24. The van der Waals surface area contributed by atoms with Crippen LogP contribution in [-0.2, 0) is 9.53 Å². The highest BCUT2D eigenvalue weighted by atomic mass is 16.5. The summed E-state index contributed by atoms with van der Waals surface area (Å²) in [6, 6.07) is 0.476. The Morgan fingerprint density at radius 2 is 1.95 bits per heavy atom. The lowest BCUT2D eigenvalue weighted by atomic mass is 10.0. The Bertz CT molecular complexity index is 329. The van der Waals surface area contributed by atoms with Crippen molar-refractivity contribution in [1.29, 1.82) is 0 Å². The summed E-state index contributed by atoms with van der Waals surface area (Å²) in [4.78, 5) is 16.8. The largest absolute Gasteiger partial charge is 0.468 e. The van der Waals surface area contributed by atoms with Gasteiger partial charge in [0.25, 0.3) is 0 Å². The minimum atomic E-state index is -0.614. The molecule has 0 spiro atoms. The van der Waals surface area contributed by atoms with E-state index in [1.54, 1.807) is 0 Å². The van der Waals surface area contributed by atoms with E-state index in [1.165, 1.54) is 7.11 Å². The lowest BCUT2D eigenvalue weighted by molar-refractivity contribution is -0.149. The summed E-state index contributed by atoms with van der Waals surface area (Å²) in [5.41, 5.74) is -0.614. The molecule has 0 heterocycles. The first-order valence-corrected chi connectivity index (χ1v) is 8.00. The van der Waals surface area contributed by atoms with Gasteiger partial charge in [0, 0.05) is 32.2 Å².